The number of aromatic nitrogens is 3. The van der Waals surface area contributed by atoms with Gasteiger partial charge in [0.2, 0.25) is 5.76 Å². The summed E-state index contributed by atoms with van der Waals surface area (Å²) in [5.74, 6) is 1.64. The van der Waals surface area contributed by atoms with Crippen molar-refractivity contribution in [1.82, 2.24) is 20.0 Å². The van der Waals surface area contributed by atoms with Gasteiger partial charge in [0.05, 0.1) is 23.3 Å². The Labute approximate surface area is 148 Å². The summed E-state index contributed by atoms with van der Waals surface area (Å²) < 4.78 is 10.6. The molecule has 0 saturated carbocycles. The molecule has 0 aliphatic carbocycles. The molecule has 1 amide bonds. The number of nitrogens with zero attached hydrogens (tertiary/aromatic N) is 3. The molecule has 1 aliphatic rings. The van der Waals surface area contributed by atoms with Gasteiger partial charge >= 0.3 is 0 Å². The number of fused-ring (bicyclic) bond motifs is 1. The van der Waals surface area contributed by atoms with E-state index in [0.29, 0.717) is 18.1 Å². The summed E-state index contributed by atoms with van der Waals surface area (Å²) in [6, 6.07) is 12.9. The lowest BCUT2D eigenvalue weighted by molar-refractivity contribution is 0.0720. The minimum absolute atomic E-state index is 0.0846. The number of H-pyrrole nitrogens is 1. The number of hydrogen-bond donors (Lipinski definition) is 1. The summed E-state index contributed by atoms with van der Waals surface area (Å²) in [5, 5.41) is 3.93. The fourth-order valence-electron chi connectivity index (χ4n) is 3.48. The van der Waals surface area contributed by atoms with Gasteiger partial charge in [-0.3, -0.25) is 4.79 Å². The largest absolute Gasteiger partial charge is 0.461 e. The lowest BCUT2D eigenvalue weighted by Gasteiger charge is -2.21. The van der Waals surface area contributed by atoms with Crippen LogP contribution in [0.3, 0.4) is 0 Å². The van der Waals surface area contributed by atoms with Gasteiger partial charge in [-0.1, -0.05) is 17.3 Å². The first-order valence-corrected chi connectivity index (χ1v) is 8.56. The van der Waals surface area contributed by atoms with Crippen LogP contribution >= 0.6 is 0 Å². The van der Waals surface area contributed by atoms with Crippen LogP contribution in [-0.2, 0) is 0 Å². The predicted molar refractivity (Wildman–Crippen MR) is 93.3 cm³/mol. The molecule has 1 aliphatic heterocycles. The SMILES string of the molecule is O=C(c1cc(-c2ccco2)on1)N1CCCC1c1nc2ccccc2[nH]1. The van der Waals surface area contributed by atoms with Gasteiger partial charge in [-0.2, -0.15) is 0 Å². The zero-order valence-electron chi connectivity index (χ0n) is 13.9. The van der Waals surface area contributed by atoms with Crippen molar-refractivity contribution in [3.05, 3.63) is 60.2 Å². The highest BCUT2D eigenvalue weighted by molar-refractivity contribution is 5.93. The summed E-state index contributed by atoms with van der Waals surface area (Å²) >= 11 is 0. The average Bonchev–Trinajstić information content (AvgIpc) is 3.47. The van der Waals surface area contributed by atoms with Gasteiger partial charge < -0.3 is 18.8 Å². The van der Waals surface area contributed by atoms with Gasteiger partial charge in [0.25, 0.3) is 5.91 Å². The first-order valence-electron chi connectivity index (χ1n) is 8.56. The summed E-state index contributed by atoms with van der Waals surface area (Å²) in [6.45, 7) is 0.670. The smallest absolute Gasteiger partial charge is 0.276 e. The van der Waals surface area contributed by atoms with Gasteiger partial charge in [-0.05, 0) is 37.1 Å². The molecule has 1 saturated heterocycles. The summed E-state index contributed by atoms with van der Waals surface area (Å²) in [5.41, 5.74) is 2.16. The van der Waals surface area contributed by atoms with Crippen molar-refractivity contribution in [1.29, 1.82) is 0 Å². The van der Waals surface area contributed by atoms with Crippen LogP contribution in [0.5, 0.6) is 0 Å². The van der Waals surface area contributed by atoms with Crippen LogP contribution in [0.25, 0.3) is 22.6 Å². The highest BCUT2D eigenvalue weighted by Crippen LogP contribution is 2.33. The van der Waals surface area contributed by atoms with Gasteiger partial charge in [0.15, 0.2) is 11.5 Å². The number of nitrogens with one attached hydrogen (secondary N) is 1. The summed E-state index contributed by atoms with van der Waals surface area (Å²) in [7, 11) is 0. The fraction of sp³-hybridized carbons (Fsp3) is 0.211. The van der Waals surface area contributed by atoms with Crippen molar-refractivity contribution in [2.75, 3.05) is 6.54 Å². The first kappa shape index (κ1) is 14.9. The number of rotatable bonds is 3. The van der Waals surface area contributed by atoms with E-state index in [0.717, 1.165) is 29.7 Å². The van der Waals surface area contributed by atoms with Crippen molar-refractivity contribution >= 4 is 16.9 Å². The number of aromatic amines is 1. The number of imidazole rings is 1. The Balaban J connectivity index is 1.44. The van der Waals surface area contributed by atoms with E-state index >= 15 is 0 Å². The number of carbonyl (C=O) groups is 1. The van der Waals surface area contributed by atoms with Crippen molar-refractivity contribution in [2.45, 2.75) is 18.9 Å². The van der Waals surface area contributed by atoms with Gasteiger partial charge in [0.1, 0.15) is 5.82 Å². The van der Waals surface area contributed by atoms with E-state index in [-0.39, 0.29) is 17.6 Å². The minimum Gasteiger partial charge on any atom is -0.461 e. The van der Waals surface area contributed by atoms with Crippen LogP contribution < -0.4 is 0 Å². The van der Waals surface area contributed by atoms with Gasteiger partial charge in [-0.25, -0.2) is 4.98 Å². The number of benzene rings is 1. The topological polar surface area (TPSA) is 88.2 Å². The molecule has 4 heterocycles. The van der Waals surface area contributed by atoms with E-state index in [4.69, 9.17) is 8.94 Å². The van der Waals surface area contributed by atoms with Gasteiger partial charge in [0, 0.05) is 12.6 Å². The number of hydrogen-bond acceptors (Lipinski definition) is 5. The fourth-order valence-corrected chi connectivity index (χ4v) is 3.48. The maximum absolute atomic E-state index is 13.0. The molecule has 0 radical (unpaired) electrons. The maximum atomic E-state index is 13.0. The molecular weight excluding hydrogens is 332 g/mol. The van der Waals surface area contributed by atoms with Crippen molar-refractivity contribution in [3.63, 3.8) is 0 Å². The molecule has 1 fully saturated rings. The quantitative estimate of drug-likeness (QED) is 0.608. The zero-order valence-corrected chi connectivity index (χ0v) is 13.9. The van der Waals surface area contributed by atoms with Crippen molar-refractivity contribution < 1.29 is 13.7 Å². The standard InChI is InChI=1S/C19H16N4O3/c24-19(14-11-17(26-22-14)16-8-4-10-25-16)23-9-3-7-15(23)18-20-12-5-1-2-6-13(12)21-18/h1-2,4-6,8,10-11,15H,3,7,9H2,(H,20,21). The van der Waals surface area contributed by atoms with Crippen LogP contribution in [0, 0.1) is 0 Å². The number of amides is 1. The molecule has 3 aromatic heterocycles. The molecule has 1 unspecified atom stereocenters. The number of furan rings is 1. The second kappa shape index (κ2) is 5.87. The number of likely N-dealkylation sites (tertiary alicyclic amines) is 1. The number of para-hydroxylation sites is 2. The second-order valence-electron chi connectivity index (χ2n) is 6.35. The Morgan fingerprint density at radius 1 is 1.19 bits per heavy atom. The molecule has 1 N–H and O–H groups in total. The molecule has 7 nitrogen and oxygen atoms in total. The van der Waals surface area contributed by atoms with E-state index < -0.39 is 0 Å². The Morgan fingerprint density at radius 3 is 2.96 bits per heavy atom. The van der Waals surface area contributed by atoms with E-state index in [1.54, 1.807) is 24.5 Å². The van der Waals surface area contributed by atoms with Crippen molar-refractivity contribution in [3.8, 4) is 11.5 Å². The Morgan fingerprint density at radius 2 is 2.12 bits per heavy atom. The third-order valence-electron chi connectivity index (χ3n) is 4.73. The van der Waals surface area contributed by atoms with Crippen LogP contribution in [0.2, 0.25) is 0 Å². The molecule has 1 aromatic carbocycles. The third kappa shape index (κ3) is 2.40. The molecule has 130 valence electrons. The second-order valence-corrected chi connectivity index (χ2v) is 6.35. The first-order chi connectivity index (χ1) is 12.8. The number of carbonyl (C=O) groups excluding carboxylic acids is 1. The zero-order chi connectivity index (χ0) is 17.5. The van der Waals surface area contributed by atoms with Crippen LogP contribution in [0.15, 0.2) is 57.7 Å². The van der Waals surface area contributed by atoms with Gasteiger partial charge in [-0.15, -0.1) is 0 Å². The molecule has 7 heteroatoms. The highest BCUT2D eigenvalue weighted by Gasteiger charge is 2.34. The molecular formula is C19H16N4O3. The molecule has 26 heavy (non-hydrogen) atoms. The summed E-state index contributed by atoms with van der Waals surface area (Å²) in [6.07, 6.45) is 3.35. The van der Waals surface area contributed by atoms with Crippen LogP contribution in [0.4, 0.5) is 0 Å². The van der Waals surface area contributed by atoms with Crippen LogP contribution in [0.1, 0.15) is 35.2 Å². The third-order valence-corrected chi connectivity index (χ3v) is 4.73. The van der Waals surface area contributed by atoms with E-state index in [2.05, 4.69) is 15.1 Å². The maximum Gasteiger partial charge on any atom is 0.276 e. The molecule has 1 atom stereocenters. The molecule has 0 bridgehead atoms. The average molecular weight is 348 g/mol. The normalized spacial score (nSPS) is 17.2. The summed E-state index contributed by atoms with van der Waals surface area (Å²) in [4.78, 5) is 22.8. The molecule has 0 spiro atoms. The Kier molecular flexibility index (Phi) is 3.38. The van der Waals surface area contributed by atoms with E-state index in [1.807, 2.05) is 29.2 Å². The predicted octanol–water partition coefficient (Wildman–Crippen LogP) is 3.79. The van der Waals surface area contributed by atoms with Crippen LogP contribution in [-0.4, -0.2) is 32.5 Å². The Hall–Kier alpha value is -3.35. The lowest BCUT2D eigenvalue weighted by atomic mass is 10.2. The van der Waals surface area contributed by atoms with E-state index in [9.17, 15) is 4.79 Å². The van der Waals surface area contributed by atoms with E-state index in [1.165, 1.54) is 0 Å². The van der Waals surface area contributed by atoms with Crippen molar-refractivity contribution in [2.24, 2.45) is 0 Å². The lowest BCUT2D eigenvalue weighted by Crippen LogP contribution is -2.31. The highest BCUT2D eigenvalue weighted by atomic mass is 16.5. The molecule has 4 aromatic rings. The Bertz CT molecular complexity index is 1030. The molecule has 5 rings (SSSR count). The monoisotopic (exact) mass is 348 g/mol. The minimum atomic E-state index is -0.158.